The standard InChI is InChI=1S/C22H25N5O2S2/c1-2-27-17(12-14-8-4-3-5-9-14)25-26-22(27)30-13-18(28)24-21-19(20(23)29)15-10-6-7-11-16(15)31-21/h3-5,8-9H,2,6-7,10-13H2,1H3,(H2,23,29)(H,24,28). The van der Waals surface area contributed by atoms with E-state index in [4.69, 9.17) is 5.73 Å². The van der Waals surface area contributed by atoms with Crippen LogP contribution in [0, 0.1) is 0 Å². The van der Waals surface area contributed by atoms with Crippen LogP contribution in [0.15, 0.2) is 35.5 Å². The second-order valence-corrected chi connectivity index (χ2v) is 9.47. The number of benzene rings is 1. The summed E-state index contributed by atoms with van der Waals surface area (Å²) >= 11 is 2.82. The highest BCUT2D eigenvalue weighted by atomic mass is 32.2. The Bertz CT molecular complexity index is 1090. The first-order chi connectivity index (χ1) is 15.1. The highest BCUT2D eigenvalue weighted by Crippen LogP contribution is 2.38. The molecule has 0 saturated carbocycles. The molecule has 2 heterocycles. The first-order valence-electron chi connectivity index (χ1n) is 10.4. The smallest absolute Gasteiger partial charge is 0.251 e. The summed E-state index contributed by atoms with van der Waals surface area (Å²) in [5.74, 6) is 0.406. The van der Waals surface area contributed by atoms with E-state index in [-0.39, 0.29) is 11.7 Å². The number of anilines is 1. The maximum Gasteiger partial charge on any atom is 0.251 e. The van der Waals surface area contributed by atoms with Crippen molar-refractivity contribution in [2.45, 2.75) is 50.7 Å². The first-order valence-corrected chi connectivity index (χ1v) is 12.2. The number of carbonyl (C=O) groups excluding carboxylic acids is 2. The third kappa shape index (κ3) is 4.83. The number of nitrogens with zero attached hydrogens (tertiary/aromatic N) is 3. The zero-order valence-electron chi connectivity index (χ0n) is 17.4. The van der Waals surface area contributed by atoms with Gasteiger partial charge in [0.25, 0.3) is 5.91 Å². The van der Waals surface area contributed by atoms with Crippen molar-refractivity contribution in [3.05, 3.63) is 57.7 Å². The molecule has 0 atom stereocenters. The molecule has 2 aromatic heterocycles. The number of nitrogens with one attached hydrogen (secondary N) is 1. The minimum absolute atomic E-state index is 0.179. The zero-order valence-corrected chi connectivity index (χ0v) is 19.0. The number of carbonyl (C=O) groups is 2. The van der Waals surface area contributed by atoms with E-state index < -0.39 is 5.91 Å². The Morgan fingerprint density at radius 3 is 2.71 bits per heavy atom. The monoisotopic (exact) mass is 455 g/mol. The molecule has 0 bridgehead atoms. The van der Waals surface area contributed by atoms with Gasteiger partial charge in [0.05, 0.1) is 11.3 Å². The van der Waals surface area contributed by atoms with Crippen LogP contribution in [0.2, 0.25) is 0 Å². The normalized spacial score (nSPS) is 13.1. The topological polar surface area (TPSA) is 103 Å². The number of aromatic nitrogens is 3. The molecule has 0 unspecified atom stereocenters. The molecule has 1 aliphatic rings. The predicted octanol–water partition coefficient (Wildman–Crippen LogP) is 3.66. The molecule has 7 nitrogen and oxygen atoms in total. The highest BCUT2D eigenvalue weighted by molar-refractivity contribution is 7.99. The summed E-state index contributed by atoms with van der Waals surface area (Å²) in [5, 5.41) is 12.8. The summed E-state index contributed by atoms with van der Waals surface area (Å²) in [6, 6.07) is 10.1. The van der Waals surface area contributed by atoms with Crippen molar-refractivity contribution in [2.24, 2.45) is 5.73 Å². The maximum atomic E-state index is 12.6. The number of thioether (sulfide) groups is 1. The van der Waals surface area contributed by atoms with Crippen molar-refractivity contribution in [1.29, 1.82) is 0 Å². The Hall–Kier alpha value is -2.65. The molecular formula is C22H25N5O2S2. The molecule has 0 spiro atoms. The van der Waals surface area contributed by atoms with Gasteiger partial charge in [0.15, 0.2) is 5.16 Å². The van der Waals surface area contributed by atoms with Gasteiger partial charge in [0, 0.05) is 17.8 Å². The summed E-state index contributed by atoms with van der Waals surface area (Å²) in [6.45, 7) is 2.76. The Kier molecular flexibility index (Phi) is 6.72. The van der Waals surface area contributed by atoms with Crippen LogP contribution in [-0.2, 0) is 30.6 Å². The maximum absolute atomic E-state index is 12.6. The lowest BCUT2D eigenvalue weighted by Crippen LogP contribution is -2.19. The molecule has 1 aromatic carbocycles. The van der Waals surface area contributed by atoms with Crippen LogP contribution in [0.4, 0.5) is 5.00 Å². The molecule has 162 valence electrons. The number of thiophene rings is 1. The van der Waals surface area contributed by atoms with Crippen LogP contribution in [0.25, 0.3) is 0 Å². The van der Waals surface area contributed by atoms with Crippen molar-refractivity contribution in [3.63, 3.8) is 0 Å². The molecule has 2 amide bonds. The zero-order chi connectivity index (χ0) is 21.8. The van der Waals surface area contributed by atoms with E-state index in [1.807, 2.05) is 29.7 Å². The lowest BCUT2D eigenvalue weighted by Gasteiger charge is -2.11. The summed E-state index contributed by atoms with van der Waals surface area (Å²) in [5.41, 5.74) is 8.29. The number of nitrogens with two attached hydrogens (primary N) is 1. The fraction of sp³-hybridized carbons (Fsp3) is 0.364. The van der Waals surface area contributed by atoms with Gasteiger partial charge in [-0.2, -0.15) is 0 Å². The van der Waals surface area contributed by atoms with Crippen LogP contribution >= 0.6 is 23.1 Å². The largest absolute Gasteiger partial charge is 0.365 e. The van der Waals surface area contributed by atoms with Gasteiger partial charge in [0.2, 0.25) is 5.91 Å². The number of aryl methyl sites for hydroxylation is 1. The van der Waals surface area contributed by atoms with Crippen LogP contribution in [0.3, 0.4) is 0 Å². The SMILES string of the molecule is CCn1c(Cc2ccccc2)nnc1SCC(=O)Nc1sc2c(c1C(N)=O)CCCC2. The molecule has 0 aliphatic heterocycles. The fourth-order valence-corrected chi connectivity index (χ4v) is 5.99. The van der Waals surface area contributed by atoms with Crippen LogP contribution in [0.5, 0.6) is 0 Å². The summed E-state index contributed by atoms with van der Waals surface area (Å²) in [7, 11) is 0. The molecule has 9 heteroatoms. The minimum atomic E-state index is -0.473. The third-order valence-corrected chi connectivity index (χ3v) is 7.49. The van der Waals surface area contributed by atoms with Crippen LogP contribution in [-0.4, -0.2) is 32.3 Å². The molecule has 31 heavy (non-hydrogen) atoms. The number of amides is 2. The lowest BCUT2D eigenvalue weighted by atomic mass is 9.95. The van der Waals surface area contributed by atoms with Crippen LogP contribution < -0.4 is 11.1 Å². The van der Waals surface area contributed by atoms with Gasteiger partial charge in [-0.25, -0.2) is 0 Å². The minimum Gasteiger partial charge on any atom is -0.365 e. The molecule has 3 aromatic rings. The second kappa shape index (κ2) is 9.65. The lowest BCUT2D eigenvalue weighted by molar-refractivity contribution is -0.113. The molecule has 0 saturated heterocycles. The van der Waals surface area contributed by atoms with E-state index >= 15 is 0 Å². The van der Waals surface area contributed by atoms with Gasteiger partial charge in [-0.15, -0.1) is 21.5 Å². The van der Waals surface area contributed by atoms with E-state index in [0.29, 0.717) is 22.1 Å². The van der Waals surface area contributed by atoms with Gasteiger partial charge < -0.3 is 15.6 Å². The van der Waals surface area contributed by atoms with Gasteiger partial charge in [-0.1, -0.05) is 42.1 Å². The molecule has 4 rings (SSSR count). The summed E-state index contributed by atoms with van der Waals surface area (Å²) < 4.78 is 2.03. The van der Waals surface area contributed by atoms with E-state index in [1.54, 1.807) is 0 Å². The van der Waals surface area contributed by atoms with Crippen molar-refractivity contribution in [3.8, 4) is 0 Å². The van der Waals surface area contributed by atoms with Crippen molar-refractivity contribution < 1.29 is 9.59 Å². The average Bonchev–Trinajstić information content (AvgIpc) is 3.33. The number of rotatable bonds is 8. The average molecular weight is 456 g/mol. The van der Waals surface area contributed by atoms with Crippen LogP contribution in [0.1, 0.15) is 52.0 Å². The van der Waals surface area contributed by atoms with Gasteiger partial charge in [-0.3, -0.25) is 9.59 Å². The van der Waals surface area contributed by atoms with E-state index in [0.717, 1.165) is 43.6 Å². The van der Waals surface area contributed by atoms with Gasteiger partial charge in [0.1, 0.15) is 10.8 Å². The number of hydrogen-bond acceptors (Lipinski definition) is 6. The fourth-order valence-electron chi connectivity index (χ4n) is 3.86. The predicted molar refractivity (Wildman–Crippen MR) is 124 cm³/mol. The third-order valence-electron chi connectivity index (χ3n) is 5.32. The van der Waals surface area contributed by atoms with E-state index in [2.05, 4.69) is 27.6 Å². The Morgan fingerprint density at radius 1 is 1.19 bits per heavy atom. The van der Waals surface area contributed by atoms with Crippen molar-refractivity contribution in [2.75, 3.05) is 11.1 Å². The molecule has 0 radical (unpaired) electrons. The Morgan fingerprint density at radius 2 is 1.97 bits per heavy atom. The van der Waals surface area contributed by atoms with E-state index in [1.165, 1.54) is 33.5 Å². The molecule has 0 fully saturated rings. The van der Waals surface area contributed by atoms with Gasteiger partial charge >= 0.3 is 0 Å². The second-order valence-electron chi connectivity index (χ2n) is 7.42. The molecule has 3 N–H and O–H groups in total. The Balaban J connectivity index is 1.43. The quantitative estimate of drug-likeness (QED) is 0.505. The van der Waals surface area contributed by atoms with Crippen molar-refractivity contribution in [1.82, 2.24) is 14.8 Å². The van der Waals surface area contributed by atoms with Crippen molar-refractivity contribution >= 4 is 39.9 Å². The summed E-state index contributed by atoms with van der Waals surface area (Å²) in [6.07, 6.45) is 4.63. The number of hydrogen-bond donors (Lipinski definition) is 2. The first kappa shape index (κ1) is 21.6. The van der Waals surface area contributed by atoms with E-state index in [9.17, 15) is 9.59 Å². The Labute approximate surface area is 189 Å². The molecular weight excluding hydrogens is 430 g/mol. The van der Waals surface area contributed by atoms with Gasteiger partial charge in [-0.05, 0) is 43.7 Å². The molecule has 1 aliphatic carbocycles. The summed E-state index contributed by atoms with van der Waals surface area (Å²) in [4.78, 5) is 25.8. The number of fused-ring (bicyclic) bond motifs is 1. The number of primary amides is 1. The highest BCUT2D eigenvalue weighted by Gasteiger charge is 2.25.